The van der Waals surface area contributed by atoms with Gasteiger partial charge in [-0.3, -0.25) is 0 Å². The standard InChI is InChI=1S/C38H56/c1-27(21-35(3,4)5)17-19-29-23-37-25-30(20-18-28(2)22-36(6,7)8)26-38(37,24-29)34-16-12-10-14-32(34)31-13-9-11-15-33(31)37/h9-16,27-30H,17-26H2,1-8H3. The zero-order valence-electron chi connectivity index (χ0n) is 26.0. The van der Waals surface area contributed by atoms with Crippen LogP contribution in [0.4, 0.5) is 0 Å². The fourth-order valence-electron chi connectivity index (χ4n) is 10.0. The van der Waals surface area contributed by atoms with E-state index in [2.05, 4.69) is 104 Å². The maximum atomic E-state index is 2.54. The summed E-state index contributed by atoms with van der Waals surface area (Å²) in [6, 6.07) is 19.2. The van der Waals surface area contributed by atoms with E-state index in [-0.39, 0.29) is 0 Å². The topological polar surface area (TPSA) is 0 Å². The van der Waals surface area contributed by atoms with E-state index in [9.17, 15) is 0 Å². The Labute approximate surface area is 235 Å². The Bertz CT molecular complexity index is 1000. The van der Waals surface area contributed by atoms with E-state index < -0.39 is 0 Å². The predicted octanol–water partition coefficient (Wildman–Crippen LogP) is 11.4. The molecule has 2 atom stereocenters. The van der Waals surface area contributed by atoms with E-state index in [0.717, 1.165) is 23.7 Å². The summed E-state index contributed by atoms with van der Waals surface area (Å²) in [5, 5.41) is 0. The number of rotatable bonds is 8. The highest BCUT2D eigenvalue weighted by molar-refractivity contribution is 5.78. The number of hydrogen-bond donors (Lipinski definition) is 0. The molecule has 2 unspecified atom stereocenters. The smallest absolute Gasteiger partial charge is 0.00616 e. The largest absolute Gasteiger partial charge is 0.0625 e. The molecule has 0 saturated heterocycles. The molecule has 0 radical (unpaired) electrons. The van der Waals surface area contributed by atoms with Gasteiger partial charge in [-0.05, 0) is 95.3 Å². The third-order valence-corrected chi connectivity index (χ3v) is 10.7. The Morgan fingerprint density at radius 2 is 0.947 bits per heavy atom. The third kappa shape index (κ3) is 5.28. The summed E-state index contributed by atoms with van der Waals surface area (Å²) in [6.45, 7) is 19.5. The monoisotopic (exact) mass is 512 g/mol. The van der Waals surface area contributed by atoms with Crippen molar-refractivity contribution >= 4 is 0 Å². The lowest BCUT2D eigenvalue weighted by Gasteiger charge is -2.47. The van der Waals surface area contributed by atoms with E-state index in [4.69, 9.17) is 0 Å². The van der Waals surface area contributed by atoms with Crippen molar-refractivity contribution in [3.63, 3.8) is 0 Å². The molecular formula is C38H56. The van der Waals surface area contributed by atoms with Gasteiger partial charge in [-0.2, -0.15) is 0 Å². The van der Waals surface area contributed by atoms with E-state index >= 15 is 0 Å². The first-order valence-electron chi connectivity index (χ1n) is 16.0. The molecule has 3 aliphatic rings. The van der Waals surface area contributed by atoms with Crippen molar-refractivity contribution in [2.45, 2.75) is 130 Å². The van der Waals surface area contributed by atoms with Gasteiger partial charge in [-0.15, -0.1) is 0 Å². The van der Waals surface area contributed by atoms with Crippen LogP contribution in [0.15, 0.2) is 48.5 Å². The molecule has 0 aromatic heterocycles. The van der Waals surface area contributed by atoms with Gasteiger partial charge >= 0.3 is 0 Å². The van der Waals surface area contributed by atoms with Gasteiger partial charge in [-0.25, -0.2) is 0 Å². The Hall–Kier alpha value is -1.56. The summed E-state index contributed by atoms with van der Waals surface area (Å²) < 4.78 is 0. The van der Waals surface area contributed by atoms with Crippen LogP contribution in [0.2, 0.25) is 0 Å². The molecule has 0 heteroatoms. The average Bonchev–Trinajstić information content (AvgIpc) is 3.31. The van der Waals surface area contributed by atoms with Gasteiger partial charge in [0.2, 0.25) is 0 Å². The molecule has 2 fully saturated rings. The molecule has 0 aliphatic heterocycles. The molecule has 0 amide bonds. The quantitative estimate of drug-likeness (QED) is 0.330. The molecule has 0 spiro atoms. The lowest BCUT2D eigenvalue weighted by molar-refractivity contribution is 0.267. The Balaban J connectivity index is 1.44. The molecule has 0 nitrogen and oxygen atoms in total. The lowest BCUT2D eigenvalue weighted by atomic mass is 9.55. The van der Waals surface area contributed by atoms with Crippen molar-refractivity contribution in [2.75, 3.05) is 0 Å². The highest BCUT2D eigenvalue weighted by Gasteiger charge is 2.66. The van der Waals surface area contributed by atoms with E-state index in [0.29, 0.717) is 21.7 Å². The molecule has 208 valence electrons. The first-order chi connectivity index (χ1) is 17.8. The number of benzene rings is 2. The summed E-state index contributed by atoms with van der Waals surface area (Å²) in [4.78, 5) is 0. The van der Waals surface area contributed by atoms with Crippen molar-refractivity contribution < 1.29 is 0 Å². The normalized spacial score (nSPS) is 29.8. The first-order valence-corrected chi connectivity index (χ1v) is 16.0. The van der Waals surface area contributed by atoms with Crippen molar-refractivity contribution in [1.82, 2.24) is 0 Å². The minimum atomic E-state index is 0.341. The van der Waals surface area contributed by atoms with Crippen molar-refractivity contribution in [2.24, 2.45) is 34.5 Å². The van der Waals surface area contributed by atoms with Crippen molar-refractivity contribution in [3.05, 3.63) is 59.7 Å². The summed E-state index contributed by atoms with van der Waals surface area (Å²) in [5.41, 5.74) is 8.05. The maximum absolute atomic E-state index is 2.54. The van der Waals surface area contributed by atoms with Gasteiger partial charge in [0.15, 0.2) is 0 Å². The fourth-order valence-corrected chi connectivity index (χ4v) is 10.0. The van der Waals surface area contributed by atoms with Crippen LogP contribution < -0.4 is 0 Å². The summed E-state index contributed by atoms with van der Waals surface area (Å²) in [5.74, 6) is 3.36. The zero-order chi connectivity index (χ0) is 27.3. The van der Waals surface area contributed by atoms with Gasteiger partial charge in [0, 0.05) is 10.8 Å². The van der Waals surface area contributed by atoms with Crippen LogP contribution in [0.5, 0.6) is 0 Å². The van der Waals surface area contributed by atoms with Crippen molar-refractivity contribution in [1.29, 1.82) is 0 Å². The van der Waals surface area contributed by atoms with Gasteiger partial charge in [-0.1, -0.05) is 130 Å². The highest BCUT2D eigenvalue weighted by atomic mass is 14.7. The first kappa shape index (κ1) is 28.0. The molecule has 38 heavy (non-hydrogen) atoms. The second kappa shape index (κ2) is 10.1. The summed E-state index contributed by atoms with van der Waals surface area (Å²) >= 11 is 0. The second-order valence-electron chi connectivity index (χ2n) is 16.7. The highest BCUT2D eigenvalue weighted by Crippen LogP contribution is 2.72. The Kier molecular flexibility index (Phi) is 7.46. The molecule has 5 rings (SSSR count). The Morgan fingerprint density at radius 1 is 0.605 bits per heavy atom. The lowest BCUT2D eigenvalue weighted by Crippen LogP contribution is -2.43. The molecule has 2 saturated carbocycles. The Morgan fingerprint density at radius 3 is 1.29 bits per heavy atom. The minimum absolute atomic E-state index is 0.341. The predicted molar refractivity (Wildman–Crippen MR) is 166 cm³/mol. The van der Waals surface area contributed by atoms with Crippen LogP contribution >= 0.6 is 0 Å². The molecule has 2 aromatic rings. The van der Waals surface area contributed by atoms with E-state index in [1.54, 1.807) is 22.3 Å². The van der Waals surface area contributed by atoms with Gasteiger partial charge in [0.05, 0.1) is 0 Å². The van der Waals surface area contributed by atoms with E-state index in [1.165, 1.54) is 64.2 Å². The van der Waals surface area contributed by atoms with Gasteiger partial charge in [0.25, 0.3) is 0 Å². The minimum Gasteiger partial charge on any atom is -0.0625 e. The van der Waals surface area contributed by atoms with Crippen LogP contribution in [-0.2, 0) is 10.8 Å². The summed E-state index contributed by atoms with van der Waals surface area (Å²) in [6.07, 6.45) is 14.0. The second-order valence-corrected chi connectivity index (χ2v) is 16.7. The molecule has 3 aliphatic carbocycles. The molecule has 0 bridgehead atoms. The molecule has 2 aromatic carbocycles. The van der Waals surface area contributed by atoms with Crippen LogP contribution in [0.25, 0.3) is 11.1 Å². The van der Waals surface area contributed by atoms with Gasteiger partial charge in [0.1, 0.15) is 0 Å². The zero-order valence-corrected chi connectivity index (χ0v) is 26.0. The average molecular weight is 513 g/mol. The van der Waals surface area contributed by atoms with Crippen molar-refractivity contribution in [3.8, 4) is 11.1 Å². The molecule has 0 heterocycles. The van der Waals surface area contributed by atoms with E-state index in [1.807, 2.05) is 0 Å². The SMILES string of the molecule is CC(CCC1CC23CC(CCC(C)CC(C)(C)C)CC2(C1)c1ccccc1-c1ccccc13)CC(C)(C)C. The molecule has 0 N–H and O–H groups in total. The number of fused-ring (bicyclic) bond motifs is 3. The van der Waals surface area contributed by atoms with Crippen LogP contribution in [-0.4, -0.2) is 0 Å². The number of hydrogen-bond acceptors (Lipinski definition) is 0. The molecular weight excluding hydrogens is 456 g/mol. The van der Waals surface area contributed by atoms with Crippen LogP contribution in [0.1, 0.15) is 131 Å². The maximum Gasteiger partial charge on any atom is 0.00616 e. The third-order valence-electron chi connectivity index (χ3n) is 10.7. The van der Waals surface area contributed by atoms with Gasteiger partial charge < -0.3 is 0 Å². The fraction of sp³-hybridized carbons (Fsp3) is 0.684. The van der Waals surface area contributed by atoms with Crippen LogP contribution in [0, 0.1) is 34.5 Å². The summed E-state index contributed by atoms with van der Waals surface area (Å²) in [7, 11) is 0. The van der Waals surface area contributed by atoms with Crippen LogP contribution in [0.3, 0.4) is 0 Å².